The van der Waals surface area contributed by atoms with Gasteiger partial charge < -0.3 is 10.6 Å². The Hall–Kier alpha value is -3.87. The Labute approximate surface area is 159 Å². The Balaban J connectivity index is 1.57. The lowest BCUT2D eigenvalue weighted by Gasteiger charge is -2.10. The third-order valence-corrected chi connectivity index (χ3v) is 4.09. The van der Waals surface area contributed by atoms with E-state index in [2.05, 4.69) is 20.6 Å². The van der Waals surface area contributed by atoms with Crippen molar-refractivity contribution >= 4 is 33.9 Å². The van der Waals surface area contributed by atoms with Gasteiger partial charge in [-0.2, -0.15) is 0 Å². The van der Waals surface area contributed by atoms with Gasteiger partial charge in [0.1, 0.15) is 11.6 Å². The van der Waals surface area contributed by atoms with Crippen LogP contribution in [0.4, 0.5) is 25.8 Å². The van der Waals surface area contributed by atoms with Crippen molar-refractivity contribution in [2.45, 2.75) is 0 Å². The number of hydrogen-bond donors (Lipinski definition) is 2. The van der Waals surface area contributed by atoms with E-state index in [0.29, 0.717) is 16.9 Å². The lowest BCUT2D eigenvalue weighted by atomic mass is 10.1. The van der Waals surface area contributed by atoms with Crippen molar-refractivity contribution in [3.63, 3.8) is 0 Å². The predicted molar refractivity (Wildman–Crippen MR) is 104 cm³/mol. The van der Waals surface area contributed by atoms with Gasteiger partial charge in [-0.15, -0.1) is 0 Å². The Morgan fingerprint density at radius 2 is 1.79 bits per heavy atom. The number of fused-ring (bicyclic) bond motifs is 1. The second-order valence-electron chi connectivity index (χ2n) is 6.05. The van der Waals surface area contributed by atoms with Crippen molar-refractivity contribution < 1.29 is 13.6 Å². The topological polar surface area (TPSA) is 66.9 Å². The molecule has 4 rings (SSSR count). The summed E-state index contributed by atoms with van der Waals surface area (Å²) in [6, 6.07) is 13.9. The van der Waals surface area contributed by atoms with Gasteiger partial charge in [-0.3, -0.25) is 14.8 Å². The highest BCUT2D eigenvalue weighted by atomic mass is 19.1. The average molecular weight is 376 g/mol. The summed E-state index contributed by atoms with van der Waals surface area (Å²) in [7, 11) is 0. The monoisotopic (exact) mass is 376 g/mol. The smallest absolute Gasteiger partial charge is 0.257 e. The van der Waals surface area contributed by atoms with E-state index in [1.165, 1.54) is 24.5 Å². The van der Waals surface area contributed by atoms with Gasteiger partial charge in [0.25, 0.3) is 5.91 Å². The average Bonchev–Trinajstić information content (AvgIpc) is 2.71. The maximum atomic E-state index is 13.8. The summed E-state index contributed by atoms with van der Waals surface area (Å²) in [6.07, 6.45) is 4.50. The van der Waals surface area contributed by atoms with Crippen LogP contribution in [-0.4, -0.2) is 15.9 Å². The molecule has 0 fully saturated rings. The first kappa shape index (κ1) is 17.5. The number of rotatable bonds is 4. The summed E-state index contributed by atoms with van der Waals surface area (Å²) in [5.41, 5.74) is 2.01. The van der Waals surface area contributed by atoms with Crippen molar-refractivity contribution in [3.05, 3.63) is 90.4 Å². The fraction of sp³-hybridized carbons (Fsp3) is 0. The minimum Gasteiger partial charge on any atom is -0.352 e. The van der Waals surface area contributed by atoms with Crippen LogP contribution in [0.2, 0.25) is 0 Å². The molecule has 0 radical (unpaired) electrons. The summed E-state index contributed by atoms with van der Waals surface area (Å²) < 4.78 is 26.9. The normalized spacial score (nSPS) is 10.6. The minimum atomic E-state index is -0.739. The molecule has 28 heavy (non-hydrogen) atoms. The van der Waals surface area contributed by atoms with E-state index in [-0.39, 0.29) is 17.2 Å². The standard InChI is InChI=1S/C21H14F2N4O/c22-15-6-7-18(17(23)10-15)26-16-9-14(11-24-12-16)21(28)27-19-5-1-3-13-4-2-8-25-20(13)19/h1-12,26H,(H,27,28). The minimum absolute atomic E-state index is 0.0824. The van der Waals surface area contributed by atoms with Crippen LogP contribution >= 0.6 is 0 Å². The number of para-hydroxylation sites is 1. The molecular formula is C21H14F2N4O. The van der Waals surface area contributed by atoms with Gasteiger partial charge in [0.15, 0.2) is 0 Å². The molecule has 2 aromatic carbocycles. The largest absolute Gasteiger partial charge is 0.352 e. The van der Waals surface area contributed by atoms with E-state index in [4.69, 9.17) is 0 Å². The molecule has 0 atom stereocenters. The van der Waals surface area contributed by atoms with Gasteiger partial charge in [-0.25, -0.2) is 8.78 Å². The van der Waals surface area contributed by atoms with Crippen molar-refractivity contribution in [3.8, 4) is 0 Å². The second kappa shape index (κ2) is 7.40. The highest BCUT2D eigenvalue weighted by molar-refractivity contribution is 6.08. The summed E-state index contributed by atoms with van der Waals surface area (Å²) in [6.45, 7) is 0. The maximum absolute atomic E-state index is 13.8. The van der Waals surface area contributed by atoms with Crippen LogP contribution in [0, 0.1) is 11.6 Å². The van der Waals surface area contributed by atoms with Crippen molar-refractivity contribution in [1.82, 2.24) is 9.97 Å². The Morgan fingerprint density at radius 1 is 0.929 bits per heavy atom. The number of amides is 1. The zero-order valence-corrected chi connectivity index (χ0v) is 14.5. The Morgan fingerprint density at radius 3 is 2.64 bits per heavy atom. The molecule has 7 heteroatoms. The van der Waals surface area contributed by atoms with Gasteiger partial charge in [-0.05, 0) is 30.3 Å². The number of benzene rings is 2. The number of nitrogens with one attached hydrogen (secondary N) is 2. The van der Waals surface area contributed by atoms with Crippen molar-refractivity contribution in [2.24, 2.45) is 0 Å². The molecule has 0 spiro atoms. The fourth-order valence-corrected chi connectivity index (χ4v) is 2.78. The van der Waals surface area contributed by atoms with E-state index in [9.17, 15) is 13.6 Å². The second-order valence-corrected chi connectivity index (χ2v) is 6.05. The van der Waals surface area contributed by atoms with Gasteiger partial charge in [0, 0.05) is 23.8 Å². The van der Waals surface area contributed by atoms with E-state index >= 15 is 0 Å². The molecule has 0 aliphatic carbocycles. The molecular weight excluding hydrogens is 362 g/mol. The van der Waals surface area contributed by atoms with Gasteiger partial charge in [-0.1, -0.05) is 18.2 Å². The highest BCUT2D eigenvalue weighted by Crippen LogP contribution is 2.23. The Kier molecular flexibility index (Phi) is 4.63. The van der Waals surface area contributed by atoms with Crippen LogP contribution < -0.4 is 10.6 Å². The maximum Gasteiger partial charge on any atom is 0.257 e. The van der Waals surface area contributed by atoms with Crippen LogP contribution in [0.25, 0.3) is 10.9 Å². The number of carbonyl (C=O) groups excluding carboxylic acids is 1. The fourth-order valence-electron chi connectivity index (χ4n) is 2.78. The summed E-state index contributed by atoms with van der Waals surface area (Å²) in [5, 5.41) is 6.51. The van der Waals surface area contributed by atoms with E-state index in [1.807, 2.05) is 24.3 Å². The first-order chi connectivity index (χ1) is 13.6. The number of aromatic nitrogens is 2. The van der Waals surface area contributed by atoms with Crippen LogP contribution in [-0.2, 0) is 0 Å². The van der Waals surface area contributed by atoms with Crippen LogP contribution in [0.5, 0.6) is 0 Å². The lowest BCUT2D eigenvalue weighted by molar-refractivity contribution is 0.102. The molecule has 2 aromatic heterocycles. The summed E-state index contributed by atoms with van der Waals surface area (Å²) in [5.74, 6) is -1.79. The van der Waals surface area contributed by atoms with Gasteiger partial charge in [0.2, 0.25) is 0 Å². The molecule has 0 aliphatic rings. The predicted octanol–water partition coefficient (Wildman–Crippen LogP) is 4.90. The van der Waals surface area contributed by atoms with Crippen LogP contribution in [0.1, 0.15) is 10.4 Å². The van der Waals surface area contributed by atoms with E-state index < -0.39 is 11.6 Å². The summed E-state index contributed by atoms with van der Waals surface area (Å²) >= 11 is 0. The molecule has 1 amide bonds. The molecule has 0 saturated carbocycles. The van der Waals surface area contributed by atoms with Gasteiger partial charge >= 0.3 is 0 Å². The zero-order valence-electron chi connectivity index (χ0n) is 14.5. The molecule has 2 N–H and O–H groups in total. The molecule has 4 aromatic rings. The lowest BCUT2D eigenvalue weighted by Crippen LogP contribution is -2.13. The third kappa shape index (κ3) is 3.64. The number of halogens is 2. The number of anilines is 3. The molecule has 2 heterocycles. The number of carbonyl (C=O) groups is 1. The summed E-state index contributed by atoms with van der Waals surface area (Å²) in [4.78, 5) is 21.0. The molecule has 0 bridgehead atoms. The van der Waals surface area contributed by atoms with Crippen molar-refractivity contribution in [2.75, 3.05) is 10.6 Å². The third-order valence-electron chi connectivity index (χ3n) is 4.09. The quantitative estimate of drug-likeness (QED) is 0.531. The first-order valence-corrected chi connectivity index (χ1v) is 8.42. The first-order valence-electron chi connectivity index (χ1n) is 8.42. The molecule has 0 aliphatic heterocycles. The number of pyridine rings is 2. The Bertz CT molecular complexity index is 1170. The molecule has 0 unspecified atom stereocenters. The molecule has 5 nitrogen and oxygen atoms in total. The number of hydrogen-bond acceptors (Lipinski definition) is 4. The molecule has 138 valence electrons. The van der Waals surface area contributed by atoms with E-state index in [1.54, 1.807) is 12.3 Å². The number of nitrogens with zero attached hydrogens (tertiary/aromatic N) is 2. The SMILES string of the molecule is O=C(Nc1cccc2cccnc12)c1cncc(Nc2ccc(F)cc2F)c1. The highest BCUT2D eigenvalue weighted by Gasteiger charge is 2.11. The van der Waals surface area contributed by atoms with Crippen LogP contribution in [0.3, 0.4) is 0 Å². The van der Waals surface area contributed by atoms with Crippen molar-refractivity contribution in [1.29, 1.82) is 0 Å². The van der Waals surface area contributed by atoms with Gasteiger partial charge in [0.05, 0.1) is 34.3 Å². The van der Waals surface area contributed by atoms with E-state index in [0.717, 1.165) is 17.5 Å². The van der Waals surface area contributed by atoms with Crippen LogP contribution in [0.15, 0.2) is 73.2 Å². The molecule has 0 saturated heterocycles. The zero-order chi connectivity index (χ0) is 19.5.